The number of aromatic nitrogens is 3. The molecule has 4 saturated heterocycles. The summed E-state index contributed by atoms with van der Waals surface area (Å²) >= 11 is 0. The van der Waals surface area contributed by atoms with Crippen LogP contribution in [0.25, 0.3) is 32.9 Å². The first-order chi connectivity index (χ1) is 35.9. The van der Waals surface area contributed by atoms with Crippen LogP contribution < -0.4 is 25.2 Å². The summed E-state index contributed by atoms with van der Waals surface area (Å²) in [5.41, 5.74) is 1.91. The van der Waals surface area contributed by atoms with Gasteiger partial charge >= 0.3 is 6.01 Å². The maximum Gasteiger partial charge on any atom is 0.319 e. The number of anilines is 3. The quantitative estimate of drug-likeness (QED) is 0.0588. The van der Waals surface area contributed by atoms with E-state index < -0.39 is 28.7 Å². The summed E-state index contributed by atoms with van der Waals surface area (Å²) in [7, 11) is 0. The second kappa shape index (κ2) is 19.8. The van der Waals surface area contributed by atoms with E-state index >= 15 is 8.78 Å². The van der Waals surface area contributed by atoms with Crippen LogP contribution in [0.3, 0.4) is 0 Å². The number of piperazine rings is 1. The number of aryl methyl sites for hydroxylation is 1. The van der Waals surface area contributed by atoms with Crippen LogP contribution in [0.4, 0.5) is 26.0 Å². The molecule has 4 N–H and O–H groups in total. The predicted molar refractivity (Wildman–Crippen MR) is 285 cm³/mol. The number of halogens is 2. The third kappa shape index (κ3) is 10.4. The Kier molecular flexibility index (Phi) is 13.5. The van der Waals surface area contributed by atoms with E-state index in [1.54, 1.807) is 25.3 Å². The van der Waals surface area contributed by atoms with Crippen molar-refractivity contribution in [3.8, 4) is 23.0 Å². The summed E-state index contributed by atoms with van der Waals surface area (Å²) in [4.78, 5) is 60.3. The fourth-order valence-corrected chi connectivity index (χ4v) is 13.1. The van der Waals surface area contributed by atoms with Crippen LogP contribution in [0.15, 0.2) is 48.7 Å². The Bertz CT molecular complexity index is 3030. The number of aldehydes is 1. The zero-order valence-corrected chi connectivity index (χ0v) is 43.8. The molecule has 1 unspecified atom stereocenters. The standard InChI is InChI=1S/C58H71F2N9O6/c1-5-40-44(59)9-7-37-25-39(71)27-41(48(37)40)50-49(60)51-42(30-61-50)52(69-18-6-13-56(4,74)32-69)65-54(64-51)75-35-58(14-15-58)33-67-19-16-57(17-20-67)28-36(29-57)31-66-21-23-68(24-22-66)38-8-10-45(43(26-38)55(2,3)34-70)62-46-11-12-47(72)63-53(46)73/h7-10,25-27,30,34,36,46,62,71,74H,5-6,11-24,28-29,31-33,35H2,1-4H3,(H,63,72,73)/t46?,56-/m1/s1. The number of fused-ring (bicyclic) bond motifs is 2. The molecule has 15 nitrogen and oxygen atoms in total. The largest absolute Gasteiger partial charge is 0.508 e. The van der Waals surface area contributed by atoms with Crippen LogP contribution in [-0.4, -0.2) is 137 Å². The van der Waals surface area contributed by atoms with Crippen molar-refractivity contribution in [1.29, 1.82) is 0 Å². The number of rotatable bonds is 15. The molecule has 6 heterocycles. The molecule has 2 amide bonds. The van der Waals surface area contributed by atoms with Gasteiger partial charge in [-0.3, -0.25) is 24.8 Å². The maximum atomic E-state index is 17.2. The molecule has 1 spiro atoms. The van der Waals surface area contributed by atoms with Crippen molar-refractivity contribution < 1.29 is 38.1 Å². The molecule has 6 fully saturated rings. The van der Waals surface area contributed by atoms with E-state index in [0.717, 1.165) is 94.8 Å². The summed E-state index contributed by atoms with van der Waals surface area (Å²) in [6, 6.07) is 11.6. The Labute approximate surface area is 437 Å². The molecule has 4 aliphatic heterocycles. The van der Waals surface area contributed by atoms with Gasteiger partial charge in [0, 0.05) is 92.7 Å². The van der Waals surface area contributed by atoms with E-state index in [9.17, 15) is 24.6 Å². The second-order valence-electron chi connectivity index (χ2n) is 23.9. The molecular weight excluding hydrogens is 957 g/mol. The minimum absolute atomic E-state index is 0.0170. The Morgan fingerprint density at radius 2 is 1.71 bits per heavy atom. The summed E-state index contributed by atoms with van der Waals surface area (Å²) in [5, 5.41) is 29.1. The number of imide groups is 1. The Morgan fingerprint density at radius 3 is 2.41 bits per heavy atom. The molecule has 2 atom stereocenters. The number of hydrogen-bond acceptors (Lipinski definition) is 14. The summed E-state index contributed by atoms with van der Waals surface area (Å²) in [6.45, 7) is 16.6. The first-order valence-corrected chi connectivity index (χ1v) is 27.2. The number of piperidine rings is 3. The molecular formula is C58H71F2N9O6. The number of phenolic OH excluding ortho intramolecular Hbond substituents is 1. The second-order valence-corrected chi connectivity index (χ2v) is 23.9. The normalized spacial score (nSPS) is 23.4. The van der Waals surface area contributed by atoms with Gasteiger partial charge in [0.15, 0.2) is 5.82 Å². The molecule has 6 aliphatic rings. The lowest BCUT2D eigenvalue weighted by molar-refractivity contribution is -0.133. The highest BCUT2D eigenvalue weighted by Gasteiger charge is 2.50. The lowest BCUT2D eigenvalue weighted by Gasteiger charge is -2.54. The van der Waals surface area contributed by atoms with Gasteiger partial charge in [0.05, 0.1) is 17.6 Å². The third-order valence-corrected chi connectivity index (χ3v) is 17.6. The number of carbonyl (C=O) groups is 3. The van der Waals surface area contributed by atoms with Crippen molar-refractivity contribution in [1.82, 2.24) is 30.1 Å². The number of nitrogens with one attached hydrogen (secondary N) is 2. The first-order valence-electron chi connectivity index (χ1n) is 27.2. The van der Waals surface area contributed by atoms with Gasteiger partial charge in [0.1, 0.15) is 40.9 Å². The highest BCUT2D eigenvalue weighted by Crippen LogP contribution is 2.54. The zero-order valence-electron chi connectivity index (χ0n) is 43.8. The van der Waals surface area contributed by atoms with Gasteiger partial charge < -0.3 is 39.8 Å². The fraction of sp³-hybridized carbons (Fsp3) is 0.552. The van der Waals surface area contributed by atoms with Crippen molar-refractivity contribution in [3.05, 3.63) is 71.4 Å². The smallest absolute Gasteiger partial charge is 0.319 e. The third-order valence-electron chi connectivity index (χ3n) is 17.6. The number of β-amino-alcohol motifs (C(OH)–C–C–N with tert-alkyl or cyclic N) is 1. The van der Waals surface area contributed by atoms with Crippen LogP contribution in [0.1, 0.15) is 103 Å². The number of benzene rings is 3. The SMILES string of the molecule is CCc1c(F)ccc2cc(O)cc(-c3ncc4c(N5CCC[C@@](C)(O)C5)nc(OCC5(CN6CCC7(CC6)CC(CN6CCN(c8ccc(NC9CCC(=O)NC9=O)c(C(C)(C)C=O)c8)CC6)C7)CC5)nc4c3F)c12. The number of ether oxygens (including phenoxy) is 1. The van der Waals surface area contributed by atoms with Gasteiger partial charge in [-0.15, -0.1) is 0 Å². The van der Waals surface area contributed by atoms with E-state index in [-0.39, 0.29) is 52.2 Å². The van der Waals surface area contributed by atoms with Crippen molar-refractivity contribution in [2.45, 2.75) is 115 Å². The minimum atomic E-state index is -0.965. The highest BCUT2D eigenvalue weighted by molar-refractivity contribution is 6.03. The zero-order chi connectivity index (χ0) is 52.4. The van der Waals surface area contributed by atoms with E-state index in [1.165, 1.54) is 37.8 Å². The summed E-state index contributed by atoms with van der Waals surface area (Å²) in [6.07, 6.45) is 11.8. The molecule has 75 heavy (non-hydrogen) atoms. The molecule has 5 aromatic rings. The van der Waals surface area contributed by atoms with Crippen LogP contribution >= 0.6 is 0 Å². The highest BCUT2D eigenvalue weighted by atomic mass is 19.1. The fourth-order valence-electron chi connectivity index (χ4n) is 13.1. The van der Waals surface area contributed by atoms with Gasteiger partial charge in [-0.05, 0) is 168 Å². The average molecular weight is 1030 g/mol. The van der Waals surface area contributed by atoms with E-state index in [4.69, 9.17) is 14.7 Å². The molecule has 2 aromatic heterocycles. The molecule has 2 aliphatic carbocycles. The maximum absolute atomic E-state index is 17.2. The van der Waals surface area contributed by atoms with Gasteiger partial charge in [-0.25, -0.2) is 8.78 Å². The number of phenols is 1. The topological polar surface area (TPSA) is 177 Å². The molecule has 0 radical (unpaired) electrons. The molecule has 2 saturated carbocycles. The van der Waals surface area contributed by atoms with Crippen molar-refractivity contribution >= 4 is 57.0 Å². The van der Waals surface area contributed by atoms with Crippen molar-refractivity contribution in [3.63, 3.8) is 0 Å². The number of aliphatic hydroxyl groups is 1. The van der Waals surface area contributed by atoms with E-state index in [2.05, 4.69) is 42.5 Å². The van der Waals surface area contributed by atoms with Crippen LogP contribution in [0.5, 0.6) is 11.8 Å². The molecule has 3 aromatic carbocycles. The van der Waals surface area contributed by atoms with Crippen LogP contribution in [0, 0.1) is 28.4 Å². The number of carbonyl (C=O) groups excluding carboxylic acids is 3. The van der Waals surface area contributed by atoms with Crippen LogP contribution in [-0.2, 0) is 26.2 Å². The lowest BCUT2D eigenvalue weighted by Crippen LogP contribution is -2.53. The number of nitrogens with zero attached hydrogens (tertiary/aromatic N) is 7. The van der Waals surface area contributed by atoms with Gasteiger partial charge in [0.2, 0.25) is 11.8 Å². The number of pyridine rings is 1. The van der Waals surface area contributed by atoms with Gasteiger partial charge in [0.25, 0.3) is 0 Å². The van der Waals surface area contributed by atoms with Crippen molar-refractivity contribution in [2.75, 3.05) is 87.2 Å². The molecule has 17 heteroatoms. The number of aromatic hydroxyl groups is 1. The number of likely N-dealkylation sites (tertiary alicyclic amines) is 1. The van der Waals surface area contributed by atoms with Gasteiger partial charge in [-0.1, -0.05) is 13.0 Å². The molecule has 11 rings (SSSR count). The number of hydrogen-bond donors (Lipinski definition) is 4. The Hall–Kier alpha value is -6.04. The van der Waals surface area contributed by atoms with E-state index in [1.807, 2.05) is 31.7 Å². The molecule has 0 bridgehead atoms. The molecule has 398 valence electrons. The van der Waals surface area contributed by atoms with Crippen LogP contribution in [0.2, 0.25) is 0 Å². The lowest BCUT2D eigenvalue weighted by atomic mass is 9.57. The van der Waals surface area contributed by atoms with Gasteiger partial charge in [-0.2, -0.15) is 9.97 Å². The summed E-state index contributed by atoms with van der Waals surface area (Å²) in [5.74, 6) is -0.674. The monoisotopic (exact) mass is 1030 g/mol. The average Bonchev–Trinajstić information content (AvgIpc) is 4.16. The summed E-state index contributed by atoms with van der Waals surface area (Å²) < 4.78 is 38.9. The Balaban J connectivity index is 0.705. The predicted octanol–water partition coefficient (Wildman–Crippen LogP) is 7.91. The number of amides is 2. The first kappa shape index (κ1) is 51.1. The minimum Gasteiger partial charge on any atom is -0.508 e. The van der Waals surface area contributed by atoms with E-state index in [0.29, 0.717) is 77.8 Å². The Morgan fingerprint density at radius 1 is 0.933 bits per heavy atom. The van der Waals surface area contributed by atoms with Crippen molar-refractivity contribution in [2.24, 2.45) is 16.7 Å².